The molecule has 0 amide bonds. The first-order valence-corrected chi connectivity index (χ1v) is 10.3. The second-order valence-electron chi connectivity index (χ2n) is 5.84. The summed E-state index contributed by atoms with van der Waals surface area (Å²) in [5.41, 5.74) is 1.54. The minimum Gasteiger partial charge on any atom is -0.382 e. The molecule has 3 rings (SSSR count). The van der Waals surface area contributed by atoms with Crippen LogP contribution in [-0.2, 0) is 17.0 Å². The molecule has 0 aliphatic carbocycles. The van der Waals surface area contributed by atoms with Gasteiger partial charge in [0.1, 0.15) is 5.15 Å². The third-order valence-electron chi connectivity index (χ3n) is 3.91. The van der Waals surface area contributed by atoms with Crippen molar-refractivity contribution >= 4 is 45.9 Å². The zero-order valence-electron chi connectivity index (χ0n) is 14.8. The lowest BCUT2D eigenvalue weighted by Crippen LogP contribution is -2.24. The molecule has 142 valence electrons. The van der Waals surface area contributed by atoms with E-state index in [4.69, 9.17) is 27.9 Å². The van der Waals surface area contributed by atoms with Crippen LogP contribution in [0.3, 0.4) is 0 Å². The third-order valence-corrected chi connectivity index (χ3v) is 5.42. The minimum atomic E-state index is -0.0649. The van der Waals surface area contributed by atoms with E-state index >= 15 is 0 Å². The van der Waals surface area contributed by atoms with Crippen molar-refractivity contribution in [2.24, 2.45) is 0 Å². The van der Waals surface area contributed by atoms with Crippen LogP contribution in [0, 0.1) is 0 Å². The molecule has 0 unspecified atom stereocenters. The van der Waals surface area contributed by atoms with E-state index in [0.29, 0.717) is 51.7 Å². The number of halogens is 2. The Balaban J connectivity index is 1.91. The molecule has 5 nitrogen and oxygen atoms in total. The SMILES string of the molecule is CCOCCCn1c(SCc2ccc(Cl)nc2)nc2cc(Cl)ccc2c1=O. The fourth-order valence-electron chi connectivity index (χ4n) is 2.59. The Morgan fingerprint density at radius 2 is 2.07 bits per heavy atom. The Morgan fingerprint density at radius 3 is 2.81 bits per heavy atom. The average Bonchev–Trinajstić information content (AvgIpc) is 2.66. The van der Waals surface area contributed by atoms with Crippen molar-refractivity contribution in [2.45, 2.75) is 30.8 Å². The molecule has 8 heteroatoms. The highest BCUT2D eigenvalue weighted by Crippen LogP contribution is 2.24. The maximum Gasteiger partial charge on any atom is 0.262 e. The number of fused-ring (bicyclic) bond motifs is 1. The summed E-state index contributed by atoms with van der Waals surface area (Å²) < 4.78 is 7.11. The van der Waals surface area contributed by atoms with Gasteiger partial charge in [-0.25, -0.2) is 9.97 Å². The largest absolute Gasteiger partial charge is 0.382 e. The predicted molar refractivity (Wildman–Crippen MR) is 111 cm³/mol. The Bertz CT molecular complexity index is 977. The van der Waals surface area contributed by atoms with Crippen LogP contribution in [-0.4, -0.2) is 27.7 Å². The summed E-state index contributed by atoms with van der Waals surface area (Å²) in [7, 11) is 0. The first kappa shape index (κ1) is 20.1. The molecule has 0 fully saturated rings. The van der Waals surface area contributed by atoms with Crippen LogP contribution in [0.4, 0.5) is 0 Å². The van der Waals surface area contributed by atoms with Gasteiger partial charge in [-0.1, -0.05) is 41.0 Å². The molecule has 0 aliphatic rings. The number of thioether (sulfide) groups is 1. The molecule has 27 heavy (non-hydrogen) atoms. The summed E-state index contributed by atoms with van der Waals surface area (Å²) in [4.78, 5) is 21.8. The molecule has 3 aromatic rings. The van der Waals surface area contributed by atoms with E-state index in [1.807, 2.05) is 13.0 Å². The van der Waals surface area contributed by atoms with Crippen LogP contribution in [0.5, 0.6) is 0 Å². The molecular weight excluding hydrogens is 405 g/mol. The molecule has 0 spiro atoms. The second kappa shape index (κ2) is 9.55. The quantitative estimate of drug-likeness (QED) is 0.225. The van der Waals surface area contributed by atoms with Crippen molar-refractivity contribution in [1.82, 2.24) is 14.5 Å². The molecule has 2 aromatic heterocycles. The van der Waals surface area contributed by atoms with Gasteiger partial charge in [-0.3, -0.25) is 9.36 Å². The number of hydrogen-bond acceptors (Lipinski definition) is 5. The smallest absolute Gasteiger partial charge is 0.262 e. The maximum absolute atomic E-state index is 13.0. The molecular formula is C19H19Cl2N3O2S. The van der Waals surface area contributed by atoms with Gasteiger partial charge in [0.25, 0.3) is 5.56 Å². The van der Waals surface area contributed by atoms with Crippen molar-refractivity contribution < 1.29 is 4.74 Å². The van der Waals surface area contributed by atoms with Gasteiger partial charge < -0.3 is 4.74 Å². The van der Waals surface area contributed by atoms with Gasteiger partial charge in [0, 0.05) is 36.7 Å². The summed E-state index contributed by atoms with van der Waals surface area (Å²) in [6, 6.07) is 8.82. The fraction of sp³-hybridized carbons (Fsp3) is 0.316. The normalized spacial score (nSPS) is 11.2. The Kier molecular flexibility index (Phi) is 7.13. The molecule has 0 radical (unpaired) electrons. The lowest BCUT2D eigenvalue weighted by Gasteiger charge is -2.13. The molecule has 2 heterocycles. The zero-order chi connectivity index (χ0) is 19.2. The van der Waals surface area contributed by atoms with Gasteiger partial charge in [0.15, 0.2) is 5.16 Å². The molecule has 0 saturated carbocycles. The fourth-order valence-corrected chi connectivity index (χ4v) is 3.83. The molecule has 0 N–H and O–H groups in total. The van der Waals surface area contributed by atoms with Gasteiger partial charge in [-0.15, -0.1) is 0 Å². The van der Waals surface area contributed by atoms with E-state index in [1.165, 1.54) is 11.8 Å². The van der Waals surface area contributed by atoms with E-state index in [2.05, 4.69) is 9.97 Å². The summed E-state index contributed by atoms with van der Waals surface area (Å²) in [6.07, 6.45) is 2.47. The van der Waals surface area contributed by atoms with Crippen LogP contribution < -0.4 is 5.56 Å². The van der Waals surface area contributed by atoms with Crippen molar-refractivity contribution in [1.29, 1.82) is 0 Å². The number of rotatable bonds is 8. The van der Waals surface area contributed by atoms with E-state index in [9.17, 15) is 4.79 Å². The van der Waals surface area contributed by atoms with Gasteiger partial charge in [0.2, 0.25) is 0 Å². The highest BCUT2D eigenvalue weighted by molar-refractivity contribution is 7.98. The Hall–Kier alpha value is -1.60. The molecule has 0 bridgehead atoms. The molecule has 0 atom stereocenters. The van der Waals surface area contributed by atoms with Gasteiger partial charge in [-0.2, -0.15) is 0 Å². The van der Waals surface area contributed by atoms with Gasteiger partial charge in [-0.05, 0) is 43.2 Å². The van der Waals surface area contributed by atoms with Crippen LogP contribution >= 0.6 is 35.0 Å². The van der Waals surface area contributed by atoms with Crippen molar-refractivity contribution in [2.75, 3.05) is 13.2 Å². The van der Waals surface area contributed by atoms with Gasteiger partial charge >= 0.3 is 0 Å². The summed E-state index contributed by atoms with van der Waals surface area (Å²) in [5.74, 6) is 0.633. The van der Waals surface area contributed by atoms with E-state index in [0.717, 1.165) is 12.0 Å². The minimum absolute atomic E-state index is 0.0649. The van der Waals surface area contributed by atoms with Crippen molar-refractivity contribution in [3.8, 4) is 0 Å². The first-order valence-electron chi connectivity index (χ1n) is 8.59. The highest BCUT2D eigenvalue weighted by Gasteiger charge is 2.12. The number of nitrogens with zero attached hydrogens (tertiary/aromatic N) is 3. The Labute approximate surface area is 171 Å². The van der Waals surface area contributed by atoms with Crippen LogP contribution in [0.1, 0.15) is 18.9 Å². The summed E-state index contributed by atoms with van der Waals surface area (Å²) in [5, 5.41) is 2.23. The van der Waals surface area contributed by atoms with Crippen molar-refractivity contribution in [3.05, 3.63) is 62.6 Å². The predicted octanol–water partition coefficient (Wildman–Crippen LogP) is 4.82. The summed E-state index contributed by atoms with van der Waals surface area (Å²) in [6.45, 7) is 3.77. The molecule has 1 aromatic carbocycles. The molecule has 0 aliphatic heterocycles. The number of hydrogen-bond donors (Lipinski definition) is 0. The number of pyridine rings is 1. The Morgan fingerprint density at radius 1 is 1.22 bits per heavy atom. The van der Waals surface area contributed by atoms with Crippen LogP contribution in [0.25, 0.3) is 10.9 Å². The number of benzene rings is 1. The monoisotopic (exact) mass is 423 g/mol. The van der Waals surface area contributed by atoms with Crippen LogP contribution in [0.2, 0.25) is 10.2 Å². The van der Waals surface area contributed by atoms with Crippen molar-refractivity contribution in [3.63, 3.8) is 0 Å². The van der Waals surface area contributed by atoms with E-state index in [-0.39, 0.29) is 5.56 Å². The zero-order valence-corrected chi connectivity index (χ0v) is 17.2. The maximum atomic E-state index is 13.0. The van der Waals surface area contributed by atoms with E-state index in [1.54, 1.807) is 35.0 Å². The lowest BCUT2D eigenvalue weighted by atomic mass is 10.2. The summed E-state index contributed by atoms with van der Waals surface area (Å²) >= 11 is 13.4. The standard InChI is InChI=1S/C19H19Cl2N3O2S/c1-2-26-9-3-8-24-18(25)15-6-5-14(20)10-16(15)23-19(24)27-12-13-4-7-17(21)22-11-13/h4-7,10-11H,2-3,8-9,12H2,1H3. The number of aromatic nitrogens is 3. The van der Waals surface area contributed by atoms with E-state index < -0.39 is 0 Å². The second-order valence-corrected chi connectivity index (χ2v) is 7.61. The number of ether oxygens (including phenoxy) is 1. The molecule has 0 saturated heterocycles. The first-order chi connectivity index (χ1) is 13.1. The average molecular weight is 424 g/mol. The van der Waals surface area contributed by atoms with Crippen LogP contribution in [0.15, 0.2) is 46.5 Å². The lowest BCUT2D eigenvalue weighted by molar-refractivity contribution is 0.140. The highest BCUT2D eigenvalue weighted by atomic mass is 35.5. The topological polar surface area (TPSA) is 57.0 Å². The van der Waals surface area contributed by atoms with Gasteiger partial charge in [0.05, 0.1) is 10.9 Å². The third kappa shape index (κ3) is 5.23.